The first-order chi connectivity index (χ1) is 16.4. The first-order valence-corrected chi connectivity index (χ1v) is 11.2. The molecule has 3 aromatic rings. The molecule has 0 aliphatic rings. The number of hydrogen-bond acceptors (Lipinski definition) is 6. The van der Waals surface area contributed by atoms with Gasteiger partial charge < -0.3 is 14.2 Å². The van der Waals surface area contributed by atoms with Crippen LogP contribution < -0.4 is 19.6 Å². The van der Waals surface area contributed by atoms with Crippen molar-refractivity contribution in [3.05, 3.63) is 87.4 Å². The van der Waals surface area contributed by atoms with Crippen LogP contribution in [-0.2, 0) is 0 Å². The quantitative estimate of drug-likeness (QED) is 0.174. The molecule has 0 atom stereocenters. The maximum Gasteiger partial charge on any atom is 0.345 e. The Morgan fingerprint density at radius 3 is 2.32 bits per heavy atom. The van der Waals surface area contributed by atoms with E-state index in [0.717, 1.165) is 0 Å². The highest BCUT2D eigenvalue weighted by Crippen LogP contribution is 2.30. The topological polar surface area (TPSA) is 86.2 Å². The Hall–Kier alpha value is -3.55. The molecule has 0 aliphatic heterocycles. The van der Waals surface area contributed by atoms with Gasteiger partial charge in [0.15, 0.2) is 11.5 Å². The van der Waals surface area contributed by atoms with Gasteiger partial charge in [-0.15, -0.1) is 0 Å². The summed E-state index contributed by atoms with van der Waals surface area (Å²) in [5.74, 6) is 0.225. The maximum absolute atomic E-state index is 12.5. The van der Waals surface area contributed by atoms with Crippen LogP contribution in [0, 0.1) is 0 Å². The number of halogens is 2. The molecule has 3 aromatic carbocycles. The number of hydrogen-bond donors (Lipinski definition) is 1. The molecule has 0 fully saturated rings. The van der Waals surface area contributed by atoms with E-state index in [4.69, 9.17) is 37.4 Å². The number of ether oxygens (including phenoxy) is 3. The van der Waals surface area contributed by atoms with E-state index >= 15 is 0 Å². The number of amides is 1. The molecule has 176 valence electrons. The summed E-state index contributed by atoms with van der Waals surface area (Å²) in [5.41, 5.74) is 3.71. The molecule has 0 radical (unpaired) electrons. The minimum atomic E-state index is -0.647. The normalized spacial score (nSPS) is 10.7. The Bertz CT molecular complexity index is 1200. The van der Waals surface area contributed by atoms with Crippen LogP contribution in [0.1, 0.15) is 40.1 Å². The van der Waals surface area contributed by atoms with Gasteiger partial charge in [-0.25, -0.2) is 10.2 Å². The zero-order valence-electron chi connectivity index (χ0n) is 18.5. The summed E-state index contributed by atoms with van der Waals surface area (Å²) in [6.07, 6.45) is 1.46. The van der Waals surface area contributed by atoms with Crippen LogP contribution in [0.5, 0.6) is 17.2 Å². The lowest BCUT2D eigenvalue weighted by molar-refractivity contribution is 0.0728. The predicted octanol–water partition coefficient (Wildman–Crippen LogP) is 5.77. The monoisotopic (exact) mass is 500 g/mol. The van der Waals surface area contributed by atoms with Gasteiger partial charge in [-0.1, -0.05) is 23.2 Å². The van der Waals surface area contributed by atoms with Gasteiger partial charge >= 0.3 is 5.97 Å². The number of carbonyl (C=O) groups excluding carboxylic acids is 2. The number of esters is 1. The van der Waals surface area contributed by atoms with Gasteiger partial charge in [0.25, 0.3) is 5.91 Å². The fraction of sp³-hybridized carbons (Fsp3) is 0.160. The number of nitrogens with one attached hydrogen (secondary N) is 1. The fourth-order valence-electron chi connectivity index (χ4n) is 2.87. The second-order valence-electron chi connectivity index (χ2n) is 6.81. The number of hydrazone groups is 1. The Kier molecular flexibility index (Phi) is 8.90. The summed E-state index contributed by atoms with van der Waals surface area (Å²) in [7, 11) is 0. The molecule has 0 heterocycles. The third-order valence-corrected chi connectivity index (χ3v) is 4.98. The summed E-state index contributed by atoms with van der Waals surface area (Å²) in [5, 5.41) is 4.58. The van der Waals surface area contributed by atoms with Crippen LogP contribution >= 0.6 is 23.2 Å². The molecule has 0 unspecified atom stereocenters. The predicted molar refractivity (Wildman–Crippen MR) is 132 cm³/mol. The number of benzene rings is 3. The SMILES string of the molecule is CCOc1ccc(C(=O)N/N=C/c2ccc(OC(=O)c3ccc(Cl)cc3Cl)c(OCC)c2)cc1. The van der Waals surface area contributed by atoms with Crippen LogP contribution in [0.4, 0.5) is 0 Å². The van der Waals surface area contributed by atoms with Crippen LogP contribution in [-0.4, -0.2) is 31.3 Å². The molecule has 7 nitrogen and oxygen atoms in total. The zero-order chi connectivity index (χ0) is 24.5. The minimum absolute atomic E-state index is 0.177. The highest BCUT2D eigenvalue weighted by Gasteiger charge is 2.16. The van der Waals surface area contributed by atoms with Crippen molar-refractivity contribution in [2.45, 2.75) is 13.8 Å². The molecule has 0 aromatic heterocycles. The van der Waals surface area contributed by atoms with Crippen molar-refractivity contribution in [1.29, 1.82) is 0 Å². The number of nitrogens with zero attached hydrogens (tertiary/aromatic N) is 1. The second kappa shape index (κ2) is 12.1. The highest BCUT2D eigenvalue weighted by molar-refractivity contribution is 6.36. The molecular weight excluding hydrogens is 479 g/mol. The van der Waals surface area contributed by atoms with Crippen molar-refractivity contribution in [1.82, 2.24) is 5.43 Å². The molecule has 1 amide bonds. The maximum atomic E-state index is 12.5. The lowest BCUT2D eigenvalue weighted by atomic mass is 10.2. The fourth-order valence-corrected chi connectivity index (χ4v) is 3.35. The average Bonchev–Trinajstić information content (AvgIpc) is 2.81. The van der Waals surface area contributed by atoms with E-state index < -0.39 is 5.97 Å². The third-order valence-electron chi connectivity index (χ3n) is 4.43. The molecule has 0 bridgehead atoms. The minimum Gasteiger partial charge on any atom is -0.494 e. The Morgan fingerprint density at radius 2 is 1.65 bits per heavy atom. The van der Waals surface area contributed by atoms with Crippen molar-refractivity contribution in [2.75, 3.05) is 13.2 Å². The van der Waals surface area contributed by atoms with E-state index in [2.05, 4.69) is 10.5 Å². The van der Waals surface area contributed by atoms with E-state index in [-0.39, 0.29) is 22.2 Å². The molecule has 9 heteroatoms. The first-order valence-electron chi connectivity index (χ1n) is 10.4. The second-order valence-corrected chi connectivity index (χ2v) is 7.65. The van der Waals surface area contributed by atoms with Crippen LogP contribution in [0.15, 0.2) is 65.8 Å². The van der Waals surface area contributed by atoms with Gasteiger partial charge in [-0.3, -0.25) is 4.79 Å². The largest absolute Gasteiger partial charge is 0.494 e. The summed E-state index contributed by atoms with van der Waals surface area (Å²) in [6.45, 7) is 4.59. The van der Waals surface area contributed by atoms with E-state index in [1.165, 1.54) is 18.3 Å². The van der Waals surface area contributed by atoms with Gasteiger partial charge in [0.1, 0.15) is 5.75 Å². The van der Waals surface area contributed by atoms with Gasteiger partial charge in [-0.2, -0.15) is 5.10 Å². The van der Waals surface area contributed by atoms with Crippen molar-refractivity contribution in [2.24, 2.45) is 5.10 Å². The molecule has 0 saturated carbocycles. The van der Waals surface area contributed by atoms with E-state index in [0.29, 0.717) is 40.9 Å². The van der Waals surface area contributed by atoms with Crippen LogP contribution in [0.2, 0.25) is 10.0 Å². The Morgan fingerprint density at radius 1 is 0.912 bits per heavy atom. The van der Waals surface area contributed by atoms with Crippen LogP contribution in [0.25, 0.3) is 0 Å². The van der Waals surface area contributed by atoms with E-state index in [9.17, 15) is 9.59 Å². The lowest BCUT2D eigenvalue weighted by Gasteiger charge is -2.12. The van der Waals surface area contributed by atoms with Crippen molar-refractivity contribution < 1.29 is 23.8 Å². The number of rotatable bonds is 9. The molecule has 34 heavy (non-hydrogen) atoms. The van der Waals surface area contributed by atoms with Gasteiger partial charge in [0.05, 0.1) is 30.0 Å². The highest BCUT2D eigenvalue weighted by atomic mass is 35.5. The van der Waals surface area contributed by atoms with Crippen LogP contribution in [0.3, 0.4) is 0 Å². The Balaban J connectivity index is 1.68. The first kappa shape index (κ1) is 25.1. The number of carbonyl (C=O) groups is 2. The van der Waals surface area contributed by atoms with E-state index in [1.54, 1.807) is 55.5 Å². The summed E-state index contributed by atoms with van der Waals surface area (Å²) in [4.78, 5) is 24.8. The van der Waals surface area contributed by atoms with Crippen molar-refractivity contribution >= 4 is 41.3 Å². The lowest BCUT2D eigenvalue weighted by Crippen LogP contribution is -2.17. The van der Waals surface area contributed by atoms with Gasteiger partial charge in [0.2, 0.25) is 0 Å². The van der Waals surface area contributed by atoms with Crippen molar-refractivity contribution in [3.8, 4) is 17.2 Å². The smallest absolute Gasteiger partial charge is 0.345 e. The standard InChI is InChI=1S/C25H22Cl2N2O5/c1-3-32-19-9-6-17(7-10-19)24(30)29-28-15-16-5-12-22(23(13-16)33-4-2)34-25(31)20-11-8-18(26)14-21(20)27/h5-15H,3-4H2,1-2H3,(H,29,30)/b28-15+. The third kappa shape index (κ3) is 6.73. The van der Waals surface area contributed by atoms with Crippen molar-refractivity contribution in [3.63, 3.8) is 0 Å². The molecular formula is C25H22Cl2N2O5. The average molecular weight is 501 g/mol. The summed E-state index contributed by atoms with van der Waals surface area (Å²) in [6, 6.07) is 16.1. The van der Waals surface area contributed by atoms with E-state index in [1.807, 2.05) is 6.92 Å². The Labute approximate surface area is 207 Å². The van der Waals surface area contributed by atoms with Gasteiger partial charge in [-0.05, 0) is 80.1 Å². The molecule has 0 saturated heterocycles. The molecule has 0 spiro atoms. The summed E-state index contributed by atoms with van der Waals surface area (Å²) >= 11 is 12.0. The molecule has 1 N–H and O–H groups in total. The van der Waals surface area contributed by atoms with Gasteiger partial charge in [0, 0.05) is 10.6 Å². The zero-order valence-corrected chi connectivity index (χ0v) is 20.0. The molecule has 0 aliphatic carbocycles. The summed E-state index contributed by atoms with van der Waals surface area (Å²) < 4.78 is 16.4. The molecule has 3 rings (SSSR count).